The third-order valence-electron chi connectivity index (χ3n) is 3.30. The fourth-order valence-electron chi connectivity index (χ4n) is 2.39. The maximum absolute atomic E-state index is 9.15. The summed E-state index contributed by atoms with van der Waals surface area (Å²) in [5, 5.41) is 10.3. The monoisotopic (exact) mass is 252 g/mol. The fraction of sp³-hybridized carbons (Fsp3) is 0.188. The Morgan fingerprint density at radius 1 is 1.11 bits per heavy atom. The van der Waals surface area contributed by atoms with Crippen molar-refractivity contribution in [3.05, 3.63) is 65.6 Å². The van der Waals surface area contributed by atoms with Crippen molar-refractivity contribution >= 4 is 10.9 Å². The molecule has 0 atom stereocenters. The van der Waals surface area contributed by atoms with E-state index < -0.39 is 0 Å². The third kappa shape index (κ3) is 2.37. The molecule has 3 rings (SSSR count). The van der Waals surface area contributed by atoms with Gasteiger partial charge in [-0.25, -0.2) is 0 Å². The van der Waals surface area contributed by atoms with Crippen LogP contribution in [-0.2, 0) is 13.2 Å². The van der Waals surface area contributed by atoms with Crippen LogP contribution >= 0.6 is 0 Å². The van der Waals surface area contributed by atoms with Crippen molar-refractivity contribution in [2.24, 2.45) is 0 Å². The molecule has 0 bridgehead atoms. The van der Waals surface area contributed by atoms with E-state index in [1.807, 2.05) is 24.5 Å². The predicted octanol–water partition coefficient (Wildman–Crippen LogP) is 2.89. The van der Waals surface area contributed by atoms with E-state index >= 15 is 0 Å². The second kappa shape index (κ2) is 4.86. The lowest BCUT2D eigenvalue weighted by atomic mass is 10.1. The Morgan fingerprint density at radius 2 is 2.00 bits per heavy atom. The number of hydrogen-bond donors (Lipinski definition) is 1. The first-order chi connectivity index (χ1) is 9.26. The number of aliphatic hydroxyl groups excluding tert-OH is 1. The summed E-state index contributed by atoms with van der Waals surface area (Å²) >= 11 is 0. The van der Waals surface area contributed by atoms with Gasteiger partial charge in [0.15, 0.2) is 0 Å². The molecule has 0 fully saturated rings. The van der Waals surface area contributed by atoms with Gasteiger partial charge in [-0.3, -0.25) is 4.98 Å². The maximum Gasteiger partial charge on any atom is 0.0682 e. The highest BCUT2D eigenvalue weighted by Crippen LogP contribution is 2.19. The lowest BCUT2D eigenvalue weighted by Crippen LogP contribution is -1.98. The molecule has 0 unspecified atom stereocenters. The number of aliphatic hydroxyl groups is 1. The van der Waals surface area contributed by atoms with Crippen molar-refractivity contribution in [1.29, 1.82) is 0 Å². The van der Waals surface area contributed by atoms with E-state index in [9.17, 15) is 0 Å². The quantitative estimate of drug-likeness (QED) is 0.778. The van der Waals surface area contributed by atoms with Gasteiger partial charge in [0.05, 0.1) is 6.61 Å². The van der Waals surface area contributed by atoms with Crippen LogP contribution < -0.4 is 0 Å². The van der Waals surface area contributed by atoms with Crippen molar-refractivity contribution in [2.75, 3.05) is 0 Å². The Hall–Kier alpha value is -2.13. The summed E-state index contributed by atoms with van der Waals surface area (Å²) in [6.07, 6.45) is 5.85. The van der Waals surface area contributed by atoms with E-state index in [1.165, 1.54) is 16.6 Å². The number of fused-ring (bicyclic) bond motifs is 1. The first kappa shape index (κ1) is 11.9. The van der Waals surface area contributed by atoms with Crippen LogP contribution in [0.4, 0.5) is 0 Å². The summed E-state index contributed by atoms with van der Waals surface area (Å²) in [5.74, 6) is 0. The van der Waals surface area contributed by atoms with Gasteiger partial charge in [0.25, 0.3) is 0 Å². The molecule has 1 aromatic carbocycles. The molecule has 3 heteroatoms. The summed E-state index contributed by atoms with van der Waals surface area (Å²) in [6.45, 7) is 2.96. The molecule has 1 N–H and O–H groups in total. The summed E-state index contributed by atoms with van der Waals surface area (Å²) in [5.41, 5.74) is 4.50. The number of aryl methyl sites for hydroxylation is 1. The lowest BCUT2D eigenvalue weighted by molar-refractivity contribution is 0.282. The Balaban J connectivity index is 1.97. The zero-order valence-corrected chi connectivity index (χ0v) is 10.9. The zero-order chi connectivity index (χ0) is 13.2. The van der Waals surface area contributed by atoms with Gasteiger partial charge in [-0.2, -0.15) is 0 Å². The first-order valence-electron chi connectivity index (χ1n) is 6.35. The Morgan fingerprint density at radius 3 is 2.79 bits per heavy atom. The molecule has 0 aliphatic rings. The Kier molecular flexibility index (Phi) is 3.05. The van der Waals surface area contributed by atoms with Gasteiger partial charge in [0.2, 0.25) is 0 Å². The van der Waals surface area contributed by atoms with Gasteiger partial charge >= 0.3 is 0 Å². The highest BCUT2D eigenvalue weighted by molar-refractivity contribution is 5.81. The number of benzene rings is 1. The van der Waals surface area contributed by atoms with E-state index in [0.717, 1.165) is 17.5 Å². The average molecular weight is 252 g/mol. The Bertz CT molecular complexity index is 716. The molecule has 96 valence electrons. The van der Waals surface area contributed by atoms with Gasteiger partial charge in [-0.1, -0.05) is 12.1 Å². The van der Waals surface area contributed by atoms with Crippen molar-refractivity contribution in [3.63, 3.8) is 0 Å². The topological polar surface area (TPSA) is 38.0 Å². The molecule has 0 aliphatic carbocycles. The fourth-order valence-corrected chi connectivity index (χ4v) is 2.39. The van der Waals surface area contributed by atoms with E-state index in [2.05, 4.69) is 40.9 Å². The minimum atomic E-state index is 0.0862. The predicted molar refractivity (Wildman–Crippen MR) is 75.9 cm³/mol. The minimum absolute atomic E-state index is 0.0862. The Labute approximate surface area is 112 Å². The van der Waals surface area contributed by atoms with E-state index in [4.69, 9.17) is 5.11 Å². The molecule has 0 radical (unpaired) electrons. The number of nitrogens with zero attached hydrogens (tertiary/aromatic N) is 2. The molecule has 3 aromatic rings. The van der Waals surface area contributed by atoms with E-state index in [-0.39, 0.29) is 6.61 Å². The molecule has 0 aliphatic heterocycles. The van der Waals surface area contributed by atoms with E-state index in [0.29, 0.717) is 0 Å². The lowest BCUT2D eigenvalue weighted by Gasteiger charge is -2.06. The second-order valence-electron chi connectivity index (χ2n) is 4.87. The average Bonchev–Trinajstić information content (AvgIpc) is 2.81. The van der Waals surface area contributed by atoms with Crippen molar-refractivity contribution in [2.45, 2.75) is 20.1 Å². The summed E-state index contributed by atoms with van der Waals surface area (Å²) < 4.78 is 2.20. The molecular formula is C16H16N2O. The molecule has 0 saturated carbocycles. The molecule has 0 saturated heterocycles. The highest BCUT2D eigenvalue weighted by atomic mass is 16.3. The largest absolute Gasteiger partial charge is 0.392 e. The minimum Gasteiger partial charge on any atom is -0.392 e. The second-order valence-corrected chi connectivity index (χ2v) is 4.87. The molecule has 19 heavy (non-hydrogen) atoms. The van der Waals surface area contributed by atoms with Crippen LogP contribution in [0.3, 0.4) is 0 Å². The van der Waals surface area contributed by atoms with Gasteiger partial charge in [-0.05, 0) is 47.2 Å². The molecule has 2 aromatic heterocycles. The van der Waals surface area contributed by atoms with E-state index in [1.54, 1.807) is 0 Å². The molecule has 0 spiro atoms. The number of aromatic nitrogens is 2. The maximum atomic E-state index is 9.15. The number of pyridine rings is 1. The SMILES string of the molecule is Cc1cncc(Cn2ccc3cc(CO)ccc32)c1. The normalized spacial score (nSPS) is 11.1. The summed E-state index contributed by atoms with van der Waals surface area (Å²) in [6, 6.07) is 10.3. The standard InChI is InChI=1S/C16H16N2O/c1-12-6-14(9-17-8-12)10-18-5-4-15-7-13(11-19)2-3-16(15)18/h2-9,19H,10-11H2,1H3. The van der Waals surface area contributed by atoms with Crippen LogP contribution in [0.15, 0.2) is 48.9 Å². The van der Waals surface area contributed by atoms with Crippen molar-refractivity contribution < 1.29 is 5.11 Å². The van der Waals surface area contributed by atoms with Crippen LogP contribution in [0.25, 0.3) is 10.9 Å². The van der Waals surface area contributed by atoms with Crippen LogP contribution in [0.1, 0.15) is 16.7 Å². The van der Waals surface area contributed by atoms with Crippen LogP contribution in [-0.4, -0.2) is 14.7 Å². The van der Waals surface area contributed by atoms with Gasteiger partial charge in [-0.15, -0.1) is 0 Å². The van der Waals surface area contributed by atoms with Crippen LogP contribution in [0.5, 0.6) is 0 Å². The van der Waals surface area contributed by atoms with Crippen molar-refractivity contribution in [1.82, 2.24) is 9.55 Å². The van der Waals surface area contributed by atoms with Gasteiger partial charge < -0.3 is 9.67 Å². The molecule has 3 nitrogen and oxygen atoms in total. The summed E-state index contributed by atoms with van der Waals surface area (Å²) in [4.78, 5) is 4.23. The zero-order valence-electron chi connectivity index (χ0n) is 10.9. The number of rotatable bonds is 3. The summed E-state index contributed by atoms with van der Waals surface area (Å²) in [7, 11) is 0. The highest BCUT2D eigenvalue weighted by Gasteiger charge is 2.03. The molecular weight excluding hydrogens is 236 g/mol. The number of hydrogen-bond acceptors (Lipinski definition) is 2. The molecule has 2 heterocycles. The molecule has 0 amide bonds. The smallest absolute Gasteiger partial charge is 0.0682 e. The van der Waals surface area contributed by atoms with Crippen LogP contribution in [0, 0.1) is 6.92 Å². The first-order valence-corrected chi connectivity index (χ1v) is 6.35. The van der Waals surface area contributed by atoms with Crippen LogP contribution in [0.2, 0.25) is 0 Å². The van der Waals surface area contributed by atoms with Gasteiger partial charge in [0, 0.05) is 30.7 Å². The third-order valence-corrected chi connectivity index (χ3v) is 3.30. The van der Waals surface area contributed by atoms with Crippen molar-refractivity contribution in [3.8, 4) is 0 Å². The van der Waals surface area contributed by atoms with Gasteiger partial charge in [0.1, 0.15) is 0 Å².